The van der Waals surface area contributed by atoms with Gasteiger partial charge >= 0.3 is 0 Å². The highest BCUT2D eigenvalue weighted by atomic mass is 35.5. The number of hydrogen-bond acceptors (Lipinski definition) is 5. The Morgan fingerprint density at radius 2 is 2.08 bits per heavy atom. The molecule has 0 atom stereocenters. The van der Waals surface area contributed by atoms with Gasteiger partial charge in [-0.15, -0.1) is 11.3 Å². The highest BCUT2D eigenvalue weighted by molar-refractivity contribution is 7.17. The molecule has 1 aromatic carbocycles. The zero-order valence-corrected chi connectivity index (χ0v) is 15.6. The molecular formula is C18H18ClFN4OS. The molecule has 26 heavy (non-hydrogen) atoms. The lowest BCUT2D eigenvalue weighted by Gasteiger charge is -2.32. The average molecular weight is 393 g/mol. The molecule has 3 heterocycles. The van der Waals surface area contributed by atoms with Crippen molar-refractivity contribution < 1.29 is 4.39 Å². The zero-order chi connectivity index (χ0) is 18.3. The van der Waals surface area contributed by atoms with Gasteiger partial charge in [0.2, 0.25) is 5.95 Å². The van der Waals surface area contributed by atoms with Crippen LogP contribution >= 0.6 is 22.9 Å². The molecule has 0 amide bonds. The third kappa shape index (κ3) is 3.11. The molecule has 0 radical (unpaired) electrons. The predicted octanol–water partition coefficient (Wildman–Crippen LogP) is 3.23. The Morgan fingerprint density at radius 3 is 2.81 bits per heavy atom. The van der Waals surface area contributed by atoms with Crippen molar-refractivity contribution in [3.63, 3.8) is 0 Å². The lowest BCUT2D eigenvalue weighted by Crippen LogP contribution is -2.42. The first-order valence-corrected chi connectivity index (χ1v) is 9.72. The van der Waals surface area contributed by atoms with E-state index < -0.39 is 5.82 Å². The Balaban J connectivity index is 1.85. The van der Waals surface area contributed by atoms with E-state index in [2.05, 4.69) is 4.90 Å². The summed E-state index contributed by atoms with van der Waals surface area (Å²) < 4.78 is 16.4. The van der Waals surface area contributed by atoms with Gasteiger partial charge in [0.25, 0.3) is 5.56 Å². The van der Waals surface area contributed by atoms with E-state index in [0.29, 0.717) is 39.8 Å². The van der Waals surface area contributed by atoms with E-state index in [4.69, 9.17) is 22.3 Å². The van der Waals surface area contributed by atoms with E-state index in [1.165, 1.54) is 22.0 Å². The number of nitrogens with zero attached hydrogens (tertiary/aromatic N) is 3. The molecule has 3 aromatic rings. The second-order valence-electron chi connectivity index (χ2n) is 6.46. The summed E-state index contributed by atoms with van der Waals surface area (Å²) in [5.41, 5.74) is 6.79. The van der Waals surface area contributed by atoms with Crippen LogP contribution in [0.5, 0.6) is 0 Å². The second kappa shape index (κ2) is 6.98. The fourth-order valence-electron chi connectivity index (χ4n) is 3.26. The molecule has 2 N–H and O–H groups in total. The van der Waals surface area contributed by atoms with Crippen molar-refractivity contribution in [2.24, 2.45) is 5.73 Å². The maximum atomic E-state index is 14.3. The summed E-state index contributed by atoms with van der Waals surface area (Å²) in [5, 5.41) is 2.14. The van der Waals surface area contributed by atoms with Gasteiger partial charge in [-0.05, 0) is 36.4 Å². The minimum Gasteiger partial charge on any atom is -0.342 e. The van der Waals surface area contributed by atoms with Crippen LogP contribution in [0.1, 0.15) is 18.4 Å². The van der Waals surface area contributed by atoms with Gasteiger partial charge in [0, 0.05) is 29.7 Å². The van der Waals surface area contributed by atoms with Crippen LogP contribution in [0.25, 0.3) is 10.2 Å². The van der Waals surface area contributed by atoms with Crippen LogP contribution in [0.15, 0.2) is 34.4 Å². The van der Waals surface area contributed by atoms with Crippen molar-refractivity contribution in [2.45, 2.75) is 25.4 Å². The number of benzene rings is 1. The fraction of sp³-hybridized carbons (Fsp3) is 0.333. The summed E-state index contributed by atoms with van der Waals surface area (Å²) in [7, 11) is 0. The third-order valence-corrected chi connectivity index (χ3v) is 5.99. The van der Waals surface area contributed by atoms with E-state index in [1.807, 2.05) is 11.4 Å². The number of hydrogen-bond donors (Lipinski definition) is 1. The Kier molecular flexibility index (Phi) is 4.69. The van der Waals surface area contributed by atoms with E-state index in [0.717, 1.165) is 12.8 Å². The van der Waals surface area contributed by atoms with Crippen LogP contribution in [-0.2, 0) is 6.54 Å². The summed E-state index contributed by atoms with van der Waals surface area (Å²) in [6.07, 6.45) is 1.66. The zero-order valence-electron chi connectivity index (χ0n) is 14.0. The normalized spacial score (nSPS) is 15.7. The molecule has 0 saturated carbocycles. The number of halogens is 2. The second-order valence-corrected chi connectivity index (χ2v) is 7.79. The molecule has 2 aromatic heterocycles. The van der Waals surface area contributed by atoms with Crippen molar-refractivity contribution in [3.8, 4) is 0 Å². The Bertz CT molecular complexity index is 990. The minimum atomic E-state index is -0.428. The molecule has 0 aliphatic carbocycles. The maximum absolute atomic E-state index is 14.3. The van der Waals surface area contributed by atoms with E-state index in [-0.39, 0.29) is 18.1 Å². The molecule has 1 saturated heterocycles. The van der Waals surface area contributed by atoms with Gasteiger partial charge in [-0.3, -0.25) is 9.36 Å². The summed E-state index contributed by atoms with van der Waals surface area (Å²) in [6, 6.07) is 6.53. The Labute approximate surface area is 158 Å². The standard InChI is InChI=1S/C18H18ClFN4OS/c19-13-2-1-3-14(20)12(13)10-24-17(25)16-15(6-9-26-16)22-18(24)23-7-4-11(21)5-8-23/h1-3,6,9,11H,4-5,7-8,10,21H2. The van der Waals surface area contributed by atoms with Gasteiger partial charge in [0.05, 0.1) is 12.1 Å². The molecule has 5 nitrogen and oxygen atoms in total. The first-order valence-electron chi connectivity index (χ1n) is 8.46. The average Bonchev–Trinajstić information content (AvgIpc) is 3.09. The topological polar surface area (TPSA) is 64.2 Å². The van der Waals surface area contributed by atoms with Crippen LogP contribution in [0.3, 0.4) is 0 Å². The van der Waals surface area contributed by atoms with Crippen molar-refractivity contribution in [1.29, 1.82) is 0 Å². The SMILES string of the molecule is NC1CCN(c2nc3ccsc3c(=O)n2Cc2c(F)cccc2Cl)CC1. The van der Waals surface area contributed by atoms with Gasteiger partial charge in [-0.25, -0.2) is 9.37 Å². The third-order valence-electron chi connectivity index (χ3n) is 4.75. The van der Waals surface area contributed by atoms with Crippen molar-refractivity contribution in [1.82, 2.24) is 9.55 Å². The summed E-state index contributed by atoms with van der Waals surface area (Å²) >= 11 is 7.52. The maximum Gasteiger partial charge on any atom is 0.273 e. The van der Waals surface area contributed by atoms with Gasteiger partial charge in [-0.2, -0.15) is 0 Å². The lowest BCUT2D eigenvalue weighted by molar-refractivity contribution is 0.487. The van der Waals surface area contributed by atoms with Gasteiger partial charge < -0.3 is 10.6 Å². The van der Waals surface area contributed by atoms with Gasteiger partial charge in [0.15, 0.2) is 0 Å². The number of aromatic nitrogens is 2. The van der Waals surface area contributed by atoms with Crippen molar-refractivity contribution in [3.05, 3.63) is 56.4 Å². The van der Waals surface area contributed by atoms with Crippen LogP contribution in [0.2, 0.25) is 5.02 Å². The number of anilines is 1. The number of rotatable bonds is 3. The smallest absolute Gasteiger partial charge is 0.273 e. The number of nitrogens with two attached hydrogens (primary N) is 1. The molecule has 8 heteroatoms. The summed E-state index contributed by atoms with van der Waals surface area (Å²) in [4.78, 5) is 19.8. The molecule has 0 unspecified atom stereocenters. The number of thiophene rings is 1. The van der Waals surface area contributed by atoms with Crippen LogP contribution in [0, 0.1) is 5.82 Å². The van der Waals surface area contributed by atoms with E-state index >= 15 is 0 Å². The van der Waals surface area contributed by atoms with E-state index in [9.17, 15) is 9.18 Å². The van der Waals surface area contributed by atoms with Gasteiger partial charge in [0.1, 0.15) is 10.5 Å². The molecule has 1 fully saturated rings. The molecular weight excluding hydrogens is 375 g/mol. The van der Waals surface area contributed by atoms with Crippen LogP contribution in [0.4, 0.5) is 10.3 Å². The molecule has 136 valence electrons. The van der Waals surface area contributed by atoms with E-state index in [1.54, 1.807) is 12.1 Å². The highest BCUT2D eigenvalue weighted by Gasteiger charge is 2.23. The predicted molar refractivity (Wildman–Crippen MR) is 104 cm³/mol. The first-order chi connectivity index (χ1) is 12.5. The Hall–Kier alpha value is -1.96. The fourth-order valence-corrected chi connectivity index (χ4v) is 4.26. The monoisotopic (exact) mass is 392 g/mol. The molecule has 1 aliphatic heterocycles. The number of piperidine rings is 1. The minimum absolute atomic E-state index is 0.0447. The summed E-state index contributed by atoms with van der Waals surface area (Å²) in [6.45, 7) is 1.48. The highest BCUT2D eigenvalue weighted by Crippen LogP contribution is 2.25. The summed E-state index contributed by atoms with van der Waals surface area (Å²) in [5.74, 6) is 0.120. The quantitative estimate of drug-likeness (QED) is 0.743. The molecule has 0 bridgehead atoms. The molecule has 1 aliphatic rings. The van der Waals surface area contributed by atoms with Crippen molar-refractivity contribution in [2.75, 3.05) is 18.0 Å². The van der Waals surface area contributed by atoms with Crippen LogP contribution in [-0.4, -0.2) is 28.7 Å². The lowest BCUT2D eigenvalue weighted by atomic mass is 10.1. The molecule has 4 rings (SSSR count). The number of fused-ring (bicyclic) bond motifs is 1. The van der Waals surface area contributed by atoms with Gasteiger partial charge in [-0.1, -0.05) is 17.7 Å². The Morgan fingerprint density at radius 1 is 1.31 bits per heavy atom. The van der Waals surface area contributed by atoms with Crippen molar-refractivity contribution >= 4 is 39.1 Å². The largest absolute Gasteiger partial charge is 0.342 e. The first kappa shape index (κ1) is 17.5. The van der Waals surface area contributed by atoms with Crippen LogP contribution < -0.4 is 16.2 Å². The molecule has 0 spiro atoms.